The lowest BCUT2D eigenvalue weighted by molar-refractivity contribution is -0.0815. The number of oxazole rings is 1. The largest absolute Gasteiger partial charge is 0.497 e. The van der Waals surface area contributed by atoms with Crippen molar-refractivity contribution in [3.8, 4) is 28.3 Å². The molecule has 2 heterocycles. The van der Waals surface area contributed by atoms with Crippen LogP contribution in [0.3, 0.4) is 0 Å². The molecule has 4 rings (SSSR count). The smallest absolute Gasteiger partial charge is 0.343 e. The molecule has 2 amide bonds. The molecule has 180 valence electrons. The van der Waals surface area contributed by atoms with Crippen LogP contribution in [0.4, 0.5) is 4.79 Å². The Balaban J connectivity index is 1.62. The van der Waals surface area contributed by atoms with Crippen molar-refractivity contribution in [3.05, 3.63) is 60.0 Å². The highest BCUT2D eigenvalue weighted by molar-refractivity contribution is 5.77. The summed E-state index contributed by atoms with van der Waals surface area (Å²) in [6, 6.07) is 14.6. The third-order valence-electron chi connectivity index (χ3n) is 6.19. The Morgan fingerprint density at radius 1 is 1.18 bits per heavy atom. The number of urea groups is 1. The summed E-state index contributed by atoms with van der Waals surface area (Å²) in [6.07, 6.45) is 1.39. The summed E-state index contributed by atoms with van der Waals surface area (Å²) in [7, 11) is 1.63. The highest BCUT2D eigenvalue weighted by Gasteiger charge is 2.31. The Kier molecular flexibility index (Phi) is 7.19. The van der Waals surface area contributed by atoms with Gasteiger partial charge in [-0.1, -0.05) is 36.4 Å². The number of amides is 2. The Morgan fingerprint density at radius 3 is 2.50 bits per heavy atom. The third-order valence-corrected chi connectivity index (χ3v) is 6.19. The SMILES string of the molecule is COc1cccc(-c2nc(C3CCN(C(=O)N(O)C(C)C)CC3)oc2-c2ccc(CO)cc2)c1. The number of ether oxygens (including phenoxy) is 1. The summed E-state index contributed by atoms with van der Waals surface area (Å²) in [5.41, 5.74) is 3.30. The summed E-state index contributed by atoms with van der Waals surface area (Å²) in [4.78, 5) is 19.0. The second-order valence-electron chi connectivity index (χ2n) is 8.80. The summed E-state index contributed by atoms with van der Waals surface area (Å²) < 4.78 is 11.7. The van der Waals surface area contributed by atoms with Crippen molar-refractivity contribution in [2.24, 2.45) is 0 Å². The lowest BCUT2D eigenvalue weighted by Crippen LogP contribution is -2.47. The molecule has 2 N–H and O–H groups in total. The van der Waals surface area contributed by atoms with Crippen LogP contribution in [0, 0.1) is 0 Å². The fourth-order valence-electron chi connectivity index (χ4n) is 4.12. The quantitative estimate of drug-likeness (QED) is 0.396. The third kappa shape index (κ3) is 4.93. The van der Waals surface area contributed by atoms with E-state index >= 15 is 0 Å². The number of carbonyl (C=O) groups excluding carboxylic acids is 1. The van der Waals surface area contributed by atoms with Crippen LogP contribution in [0.15, 0.2) is 52.9 Å². The number of rotatable bonds is 6. The molecule has 0 radical (unpaired) electrons. The van der Waals surface area contributed by atoms with Gasteiger partial charge in [0.05, 0.1) is 19.8 Å². The number of aromatic nitrogens is 1. The molecule has 1 saturated heterocycles. The molecule has 1 aliphatic rings. The van der Waals surface area contributed by atoms with Crippen molar-refractivity contribution < 1.29 is 24.3 Å². The summed E-state index contributed by atoms with van der Waals surface area (Å²) in [6.45, 7) is 4.55. The van der Waals surface area contributed by atoms with E-state index in [-0.39, 0.29) is 24.6 Å². The average molecular weight is 466 g/mol. The molecule has 0 spiro atoms. The molecule has 1 fully saturated rings. The van der Waals surface area contributed by atoms with Crippen LogP contribution in [0.2, 0.25) is 0 Å². The van der Waals surface area contributed by atoms with Gasteiger partial charge in [0.2, 0.25) is 0 Å². The van der Waals surface area contributed by atoms with Gasteiger partial charge in [-0.25, -0.2) is 14.8 Å². The topological polar surface area (TPSA) is 99.3 Å². The number of likely N-dealkylation sites (tertiary alicyclic amines) is 1. The molecule has 2 aromatic carbocycles. The Morgan fingerprint density at radius 2 is 1.88 bits per heavy atom. The van der Waals surface area contributed by atoms with Crippen LogP contribution in [0.5, 0.6) is 5.75 Å². The van der Waals surface area contributed by atoms with Crippen molar-refractivity contribution in [3.63, 3.8) is 0 Å². The predicted molar refractivity (Wildman–Crippen MR) is 128 cm³/mol. The van der Waals surface area contributed by atoms with E-state index in [1.54, 1.807) is 25.9 Å². The standard InChI is InChI=1S/C26H31N3O5/c1-17(2)29(32)26(31)28-13-11-20(12-14-28)25-27-23(21-5-4-6-22(15-21)33-3)24(34-25)19-9-7-18(16-30)8-10-19/h4-10,15,17,20,30,32H,11-14,16H2,1-3H3. The molecule has 0 bridgehead atoms. The lowest BCUT2D eigenvalue weighted by Gasteiger charge is -2.33. The number of hydrogen-bond donors (Lipinski definition) is 2. The molecular weight excluding hydrogens is 434 g/mol. The summed E-state index contributed by atoms with van der Waals surface area (Å²) in [5.74, 6) is 2.09. The van der Waals surface area contributed by atoms with Gasteiger partial charge >= 0.3 is 6.03 Å². The van der Waals surface area contributed by atoms with Gasteiger partial charge in [0, 0.05) is 30.1 Å². The van der Waals surface area contributed by atoms with Crippen LogP contribution in [0.25, 0.3) is 22.6 Å². The van der Waals surface area contributed by atoms with E-state index in [2.05, 4.69) is 0 Å². The van der Waals surface area contributed by atoms with Gasteiger partial charge < -0.3 is 19.2 Å². The van der Waals surface area contributed by atoms with E-state index in [1.807, 2.05) is 48.5 Å². The summed E-state index contributed by atoms with van der Waals surface area (Å²) >= 11 is 0. The number of hydroxylamine groups is 2. The number of carbonyl (C=O) groups is 1. The van der Waals surface area contributed by atoms with E-state index in [9.17, 15) is 15.1 Å². The zero-order valence-electron chi connectivity index (χ0n) is 19.8. The first-order valence-corrected chi connectivity index (χ1v) is 11.5. The number of hydrogen-bond acceptors (Lipinski definition) is 6. The van der Waals surface area contributed by atoms with Crippen molar-refractivity contribution in [1.82, 2.24) is 14.9 Å². The van der Waals surface area contributed by atoms with Gasteiger partial charge in [-0.3, -0.25) is 5.21 Å². The number of aliphatic hydroxyl groups is 1. The van der Waals surface area contributed by atoms with Crippen LogP contribution < -0.4 is 4.74 Å². The average Bonchev–Trinajstić information content (AvgIpc) is 3.33. The fourth-order valence-corrected chi connectivity index (χ4v) is 4.12. The molecule has 8 heteroatoms. The first-order valence-electron chi connectivity index (χ1n) is 11.5. The number of benzene rings is 2. The number of aliphatic hydroxyl groups excluding tert-OH is 1. The highest BCUT2D eigenvalue weighted by Crippen LogP contribution is 2.38. The van der Waals surface area contributed by atoms with E-state index in [4.69, 9.17) is 14.1 Å². The Hall–Kier alpha value is -3.36. The number of nitrogens with zero attached hydrogens (tertiary/aromatic N) is 3. The minimum atomic E-state index is -0.373. The molecule has 0 unspecified atom stereocenters. The first kappa shape index (κ1) is 23.8. The molecule has 1 aromatic heterocycles. The number of methoxy groups -OCH3 is 1. The van der Waals surface area contributed by atoms with Crippen molar-refractivity contribution in [2.45, 2.75) is 45.3 Å². The molecule has 0 saturated carbocycles. The van der Waals surface area contributed by atoms with Gasteiger partial charge in [-0.2, -0.15) is 0 Å². The zero-order valence-corrected chi connectivity index (χ0v) is 19.8. The molecule has 1 aliphatic heterocycles. The molecular formula is C26H31N3O5. The van der Waals surface area contributed by atoms with Gasteiger partial charge in [-0.05, 0) is 44.4 Å². The second kappa shape index (κ2) is 10.3. The maximum Gasteiger partial charge on any atom is 0.343 e. The van der Waals surface area contributed by atoms with Crippen molar-refractivity contribution in [1.29, 1.82) is 0 Å². The Labute approximate surface area is 199 Å². The van der Waals surface area contributed by atoms with Crippen LogP contribution in [-0.2, 0) is 6.61 Å². The lowest BCUT2D eigenvalue weighted by atomic mass is 9.97. The van der Waals surface area contributed by atoms with E-state index in [0.717, 1.165) is 33.2 Å². The first-order chi connectivity index (χ1) is 16.4. The van der Waals surface area contributed by atoms with Crippen molar-refractivity contribution >= 4 is 6.03 Å². The zero-order chi connectivity index (χ0) is 24.2. The van der Waals surface area contributed by atoms with Crippen molar-refractivity contribution in [2.75, 3.05) is 20.2 Å². The summed E-state index contributed by atoms with van der Waals surface area (Å²) in [5, 5.41) is 20.2. The monoisotopic (exact) mass is 465 g/mol. The Bertz CT molecular complexity index is 1120. The molecule has 0 aliphatic carbocycles. The predicted octanol–water partition coefficient (Wildman–Crippen LogP) is 4.91. The molecule has 8 nitrogen and oxygen atoms in total. The minimum Gasteiger partial charge on any atom is -0.497 e. The van der Waals surface area contributed by atoms with Crippen LogP contribution in [-0.4, -0.2) is 57.5 Å². The molecule has 34 heavy (non-hydrogen) atoms. The van der Waals surface area contributed by atoms with Crippen LogP contribution in [0.1, 0.15) is 44.1 Å². The second-order valence-corrected chi connectivity index (χ2v) is 8.80. The normalized spacial score (nSPS) is 14.5. The van der Waals surface area contributed by atoms with Gasteiger partial charge in [0.15, 0.2) is 11.7 Å². The van der Waals surface area contributed by atoms with E-state index < -0.39 is 0 Å². The van der Waals surface area contributed by atoms with Gasteiger partial charge in [0.25, 0.3) is 0 Å². The van der Waals surface area contributed by atoms with Gasteiger partial charge in [-0.15, -0.1) is 0 Å². The maximum absolute atomic E-state index is 12.5. The highest BCUT2D eigenvalue weighted by atomic mass is 16.5. The van der Waals surface area contributed by atoms with Gasteiger partial charge in [0.1, 0.15) is 11.4 Å². The fraction of sp³-hybridized carbons (Fsp3) is 0.385. The number of piperidine rings is 1. The molecule has 3 aromatic rings. The molecule has 0 atom stereocenters. The van der Waals surface area contributed by atoms with Crippen LogP contribution >= 0.6 is 0 Å². The minimum absolute atomic E-state index is 0.0238. The maximum atomic E-state index is 12.5. The van der Waals surface area contributed by atoms with E-state index in [1.165, 1.54) is 0 Å². The van der Waals surface area contributed by atoms with E-state index in [0.29, 0.717) is 37.6 Å².